The van der Waals surface area contributed by atoms with Crippen molar-refractivity contribution in [2.45, 2.75) is 72.1 Å². The summed E-state index contributed by atoms with van der Waals surface area (Å²) in [5.74, 6) is 1.87. The van der Waals surface area contributed by atoms with Gasteiger partial charge < -0.3 is 38.5 Å². The Bertz CT molecular complexity index is 1940. The number of nitrogens with zero attached hydrogens (tertiary/aromatic N) is 6. The second-order valence-electron chi connectivity index (χ2n) is 15.7. The molecule has 2 saturated heterocycles. The molecule has 292 valence electrons. The number of amides is 2. The summed E-state index contributed by atoms with van der Waals surface area (Å²) in [7, 11) is 0. The van der Waals surface area contributed by atoms with E-state index in [1.54, 1.807) is 9.80 Å². The molecule has 3 aromatic carbocycles. The molecule has 0 N–H and O–H groups in total. The minimum Gasteiger partial charge on any atom is -0.493 e. The predicted octanol–water partition coefficient (Wildman–Crippen LogP) is 7.47. The molecule has 7 rings (SSSR count). The third-order valence-electron chi connectivity index (χ3n) is 10.4. The highest BCUT2D eigenvalue weighted by atomic mass is 16.6. The van der Waals surface area contributed by atoms with E-state index in [-0.39, 0.29) is 24.7 Å². The van der Waals surface area contributed by atoms with Gasteiger partial charge in [-0.25, -0.2) is 9.59 Å². The van der Waals surface area contributed by atoms with E-state index in [1.165, 1.54) is 5.39 Å². The van der Waals surface area contributed by atoms with Gasteiger partial charge in [-0.05, 0) is 57.0 Å². The number of carbonyl (C=O) groups is 2. The monoisotopic (exact) mass is 750 g/mol. The zero-order valence-electron chi connectivity index (χ0n) is 32.7. The van der Waals surface area contributed by atoms with Gasteiger partial charge in [-0.3, -0.25) is 0 Å². The summed E-state index contributed by atoms with van der Waals surface area (Å²) >= 11 is 0. The molecule has 4 aromatic rings. The molecule has 1 aromatic heterocycles. The quantitative estimate of drug-likeness (QED) is 0.143. The second-order valence-corrected chi connectivity index (χ2v) is 15.7. The van der Waals surface area contributed by atoms with Gasteiger partial charge in [-0.15, -0.1) is 0 Å². The number of hydrogen-bond donors (Lipinski definition) is 0. The van der Waals surface area contributed by atoms with Crippen molar-refractivity contribution in [2.75, 3.05) is 68.8 Å². The topological polar surface area (TPSA) is 110 Å². The van der Waals surface area contributed by atoms with Crippen LogP contribution in [0.4, 0.5) is 21.1 Å². The van der Waals surface area contributed by atoms with E-state index in [1.807, 2.05) is 51.1 Å². The molecule has 0 radical (unpaired) electrons. The molecule has 0 saturated carbocycles. The van der Waals surface area contributed by atoms with E-state index in [2.05, 4.69) is 53.1 Å². The van der Waals surface area contributed by atoms with Crippen LogP contribution in [0, 0.1) is 5.92 Å². The van der Waals surface area contributed by atoms with Gasteiger partial charge in [0.25, 0.3) is 0 Å². The summed E-state index contributed by atoms with van der Waals surface area (Å²) in [5, 5.41) is 2.31. The van der Waals surface area contributed by atoms with Crippen LogP contribution in [0.5, 0.6) is 11.8 Å². The van der Waals surface area contributed by atoms with E-state index in [0.717, 1.165) is 71.7 Å². The SMILES string of the molecule is CCCCOc1cc(N2CCc3c(nc(OC[C@@H]4CCN(C(=O)OC(C)(C)C)C4)nc3N3CCN(C(=O)OCc4ccccc4)CC3)C2)c2ccccc2c1. The summed E-state index contributed by atoms with van der Waals surface area (Å²) in [6, 6.07) is 22.8. The summed E-state index contributed by atoms with van der Waals surface area (Å²) in [6.07, 6.45) is 3.05. The first-order valence-corrected chi connectivity index (χ1v) is 19.7. The van der Waals surface area contributed by atoms with Gasteiger partial charge in [0.15, 0.2) is 0 Å². The lowest BCUT2D eigenvalue weighted by Gasteiger charge is -2.38. The lowest BCUT2D eigenvalue weighted by molar-refractivity contribution is 0.0284. The number of hydrogen-bond acceptors (Lipinski definition) is 10. The van der Waals surface area contributed by atoms with Crippen LogP contribution in [-0.4, -0.2) is 96.6 Å². The van der Waals surface area contributed by atoms with Crippen LogP contribution in [0.2, 0.25) is 0 Å². The maximum Gasteiger partial charge on any atom is 0.410 e. The van der Waals surface area contributed by atoms with Crippen molar-refractivity contribution in [1.29, 1.82) is 0 Å². The van der Waals surface area contributed by atoms with Crippen molar-refractivity contribution in [3.05, 3.63) is 83.6 Å². The summed E-state index contributed by atoms with van der Waals surface area (Å²) in [6.45, 7) is 14.0. The molecule has 12 nitrogen and oxygen atoms in total. The number of piperazine rings is 1. The number of rotatable bonds is 11. The highest BCUT2D eigenvalue weighted by molar-refractivity contribution is 5.96. The summed E-state index contributed by atoms with van der Waals surface area (Å²) in [5.41, 5.74) is 3.58. The van der Waals surface area contributed by atoms with Gasteiger partial charge in [0, 0.05) is 74.4 Å². The number of aromatic nitrogens is 2. The smallest absolute Gasteiger partial charge is 0.410 e. The largest absolute Gasteiger partial charge is 0.493 e. The number of carbonyl (C=O) groups excluding carboxylic acids is 2. The van der Waals surface area contributed by atoms with Crippen LogP contribution in [0.25, 0.3) is 10.8 Å². The Balaban J connectivity index is 1.10. The molecule has 0 spiro atoms. The van der Waals surface area contributed by atoms with Gasteiger partial charge in [-0.1, -0.05) is 67.9 Å². The molecule has 0 aliphatic carbocycles. The zero-order chi connectivity index (χ0) is 38.4. The maximum atomic E-state index is 13.0. The third-order valence-corrected chi connectivity index (χ3v) is 10.4. The van der Waals surface area contributed by atoms with Crippen LogP contribution in [-0.2, 0) is 29.0 Å². The van der Waals surface area contributed by atoms with Crippen LogP contribution in [0.3, 0.4) is 0 Å². The maximum absolute atomic E-state index is 13.0. The molecule has 2 fully saturated rings. The minimum atomic E-state index is -0.545. The van der Waals surface area contributed by atoms with E-state index < -0.39 is 5.60 Å². The highest BCUT2D eigenvalue weighted by Gasteiger charge is 2.32. The Labute approximate surface area is 324 Å². The lowest BCUT2D eigenvalue weighted by Crippen LogP contribution is -2.49. The molecule has 2 amide bonds. The van der Waals surface area contributed by atoms with E-state index in [0.29, 0.717) is 65.0 Å². The number of anilines is 2. The molecule has 1 atom stereocenters. The first-order chi connectivity index (χ1) is 26.6. The van der Waals surface area contributed by atoms with Gasteiger partial charge in [0.2, 0.25) is 0 Å². The fourth-order valence-electron chi connectivity index (χ4n) is 7.43. The Hall–Kier alpha value is -5.26. The Morgan fingerprint density at radius 2 is 1.62 bits per heavy atom. The fourth-order valence-corrected chi connectivity index (χ4v) is 7.43. The van der Waals surface area contributed by atoms with Crippen molar-refractivity contribution in [1.82, 2.24) is 19.8 Å². The number of fused-ring (bicyclic) bond motifs is 2. The molecular weight excluding hydrogens is 697 g/mol. The minimum absolute atomic E-state index is 0.138. The standard InChI is InChI=1S/C43H54N6O6/c1-5-6-24-52-34-25-33-14-10-11-15-35(33)38(26-34)48-19-17-36-37(28-48)44-40(53-30-32-16-18-49(27-32)42(51)55-43(2,3)4)45-39(36)46-20-22-47(23-21-46)41(50)54-29-31-12-8-7-9-13-31/h7-15,25-26,32H,5-6,16-24,27-30H2,1-4H3/t32-/m1/s1. The number of ether oxygens (including phenoxy) is 4. The Morgan fingerprint density at radius 3 is 2.40 bits per heavy atom. The molecule has 4 heterocycles. The van der Waals surface area contributed by atoms with Crippen LogP contribution in [0.15, 0.2) is 66.7 Å². The van der Waals surface area contributed by atoms with E-state index in [4.69, 9.17) is 28.9 Å². The summed E-state index contributed by atoms with van der Waals surface area (Å²) < 4.78 is 23.8. The molecule has 3 aliphatic heterocycles. The summed E-state index contributed by atoms with van der Waals surface area (Å²) in [4.78, 5) is 44.0. The molecule has 3 aliphatic rings. The Kier molecular flexibility index (Phi) is 11.8. The van der Waals surface area contributed by atoms with Crippen LogP contribution in [0.1, 0.15) is 63.8 Å². The average molecular weight is 751 g/mol. The molecule has 55 heavy (non-hydrogen) atoms. The molecule has 0 unspecified atom stereocenters. The van der Waals surface area contributed by atoms with Crippen molar-refractivity contribution in [3.63, 3.8) is 0 Å². The number of benzene rings is 3. The molecule has 0 bridgehead atoms. The number of likely N-dealkylation sites (tertiary alicyclic amines) is 1. The highest BCUT2D eigenvalue weighted by Crippen LogP contribution is 2.37. The second kappa shape index (κ2) is 17.0. The van der Waals surface area contributed by atoms with E-state index >= 15 is 0 Å². The van der Waals surface area contributed by atoms with Crippen molar-refractivity contribution < 1.29 is 28.5 Å². The van der Waals surface area contributed by atoms with E-state index in [9.17, 15) is 9.59 Å². The van der Waals surface area contributed by atoms with Crippen molar-refractivity contribution in [3.8, 4) is 11.8 Å². The molecular formula is C43H54N6O6. The number of unbranched alkanes of at least 4 members (excludes halogenated alkanes) is 1. The first-order valence-electron chi connectivity index (χ1n) is 19.7. The first kappa shape index (κ1) is 38.0. The lowest BCUT2D eigenvalue weighted by atomic mass is 10.0. The van der Waals surface area contributed by atoms with Crippen LogP contribution < -0.4 is 19.3 Å². The predicted molar refractivity (Wildman–Crippen MR) is 213 cm³/mol. The van der Waals surface area contributed by atoms with Gasteiger partial charge >= 0.3 is 18.2 Å². The third kappa shape index (κ3) is 9.52. The van der Waals surface area contributed by atoms with Crippen molar-refractivity contribution in [2.24, 2.45) is 5.92 Å². The van der Waals surface area contributed by atoms with Gasteiger partial charge in [0.1, 0.15) is 23.8 Å². The van der Waals surface area contributed by atoms with Gasteiger partial charge in [-0.2, -0.15) is 9.97 Å². The average Bonchev–Trinajstić information content (AvgIpc) is 3.68. The Morgan fingerprint density at radius 1 is 0.836 bits per heavy atom. The van der Waals surface area contributed by atoms with Crippen LogP contribution >= 0.6 is 0 Å². The molecule has 12 heteroatoms. The normalized spacial score (nSPS) is 17.3. The zero-order valence-corrected chi connectivity index (χ0v) is 32.7. The fraction of sp³-hybridized carbons (Fsp3) is 0.488. The van der Waals surface area contributed by atoms with Crippen molar-refractivity contribution >= 4 is 34.5 Å². The van der Waals surface area contributed by atoms with Gasteiger partial charge in [0.05, 0.1) is 25.5 Å².